The molecule has 1 fully saturated rings. The number of piperazine rings is 1. The Labute approximate surface area is 727 Å². The number of hydrogen-bond acceptors (Lipinski definition) is 23. The number of benzene rings is 2. The van der Waals surface area contributed by atoms with Crippen molar-refractivity contribution in [3.05, 3.63) is 83.0 Å². The van der Waals surface area contributed by atoms with Gasteiger partial charge in [0.1, 0.15) is 59.5 Å². The van der Waals surface area contributed by atoms with E-state index in [0.717, 1.165) is 27.7 Å². The number of carbonyl (C=O) groups is 9. The van der Waals surface area contributed by atoms with Gasteiger partial charge in [-0.25, -0.2) is 4.79 Å². The Morgan fingerprint density at radius 2 is 0.706 bits per heavy atom. The van der Waals surface area contributed by atoms with Crippen LogP contribution in [0.1, 0.15) is 127 Å². The van der Waals surface area contributed by atoms with E-state index in [-0.39, 0.29) is 186 Å². The lowest BCUT2D eigenvalue weighted by Gasteiger charge is -2.38. The molecule has 688 valence electrons. The summed E-state index contributed by atoms with van der Waals surface area (Å²) >= 11 is 0. The van der Waals surface area contributed by atoms with Gasteiger partial charge in [0.25, 0.3) is 5.91 Å². The van der Waals surface area contributed by atoms with Gasteiger partial charge >= 0.3 is 5.63 Å². The number of carbonyl (C=O) groups excluding carboxylic acids is 9. The van der Waals surface area contributed by atoms with Crippen molar-refractivity contribution in [1.82, 2.24) is 99.9 Å². The van der Waals surface area contributed by atoms with Crippen LogP contribution in [-0.2, 0) is 38.4 Å². The number of anilines is 2. The van der Waals surface area contributed by atoms with E-state index in [4.69, 9.17) is 93.6 Å². The lowest BCUT2D eigenvalue weighted by Crippen LogP contribution is -2.60. The highest BCUT2D eigenvalue weighted by Crippen LogP contribution is 2.31. The van der Waals surface area contributed by atoms with Crippen molar-refractivity contribution in [2.75, 3.05) is 101 Å². The first-order valence-electron chi connectivity index (χ1n) is 41.7. The predicted molar refractivity (Wildman–Crippen MR) is 480 cm³/mol. The molecule has 40 N–H and O–H groups in total. The maximum atomic E-state index is 15.1. The van der Waals surface area contributed by atoms with Crippen LogP contribution in [0.15, 0.2) is 76.2 Å². The summed E-state index contributed by atoms with van der Waals surface area (Å²) in [6.07, 6.45) is 2.55. The minimum Gasteiger partial charge on any atom is -0.422 e. The first kappa shape index (κ1) is 100. The molecule has 9 amide bonds. The van der Waals surface area contributed by atoms with Crippen LogP contribution >= 0.6 is 0 Å². The van der Waals surface area contributed by atoms with Gasteiger partial charge in [0, 0.05) is 138 Å². The van der Waals surface area contributed by atoms with Crippen LogP contribution in [0.5, 0.6) is 0 Å². The average Bonchev–Trinajstić information content (AvgIpc) is 0.771. The molecule has 5 aromatic rings. The maximum absolute atomic E-state index is 15.1. The van der Waals surface area contributed by atoms with Crippen molar-refractivity contribution < 1.29 is 47.6 Å². The van der Waals surface area contributed by atoms with Gasteiger partial charge in [0.05, 0.1) is 11.0 Å². The number of fused-ring (bicyclic) bond motifs is 4. The number of hydrogen-bond donors (Lipinski definition) is 32. The molecule has 8 atom stereocenters. The summed E-state index contributed by atoms with van der Waals surface area (Å²) in [5, 5.41) is 107. The van der Waals surface area contributed by atoms with E-state index in [1.807, 2.05) is 49.1 Å². The zero-order valence-electron chi connectivity index (χ0n) is 71.0. The summed E-state index contributed by atoms with van der Waals surface area (Å²) in [7, 11) is 0. The summed E-state index contributed by atoms with van der Waals surface area (Å²) in [6, 6.07) is 4.05. The van der Waals surface area contributed by atoms with Crippen molar-refractivity contribution in [3.63, 3.8) is 0 Å². The first-order chi connectivity index (χ1) is 60.2. The lowest BCUT2D eigenvalue weighted by molar-refractivity contribution is -0.138. The van der Waals surface area contributed by atoms with Crippen LogP contribution in [0.2, 0.25) is 0 Å². The number of nitrogens with two attached hydrogens (primary N) is 8. The summed E-state index contributed by atoms with van der Waals surface area (Å²) in [5.74, 6) is -11.4. The van der Waals surface area contributed by atoms with Crippen LogP contribution in [0.25, 0.3) is 32.8 Å². The number of nitrogens with zero attached hydrogens (tertiary/aromatic N) is 5. The van der Waals surface area contributed by atoms with E-state index >= 15 is 19.2 Å². The van der Waals surface area contributed by atoms with Gasteiger partial charge in [-0.1, -0.05) is 12.1 Å². The van der Waals surface area contributed by atoms with Crippen molar-refractivity contribution in [2.45, 2.75) is 165 Å². The summed E-state index contributed by atoms with van der Waals surface area (Å²) in [6.45, 7) is 6.63. The number of amides is 9. The Bertz CT molecular complexity index is 4690. The molecule has 0 bridgehead atoms. The quantitative estimate of drug-likeness (QED) is 0.00568. The topological polar surface area (TPSA) is 811 Å². The molecule has 0 saturated carbocycles. The number of pyridine rings is 2. The second-order valence-corrected chi connectivity index (χ2v) is 29.8. The highest BCUT2D eigenvalue weighted by molar-refractivity contribution is 6.08. The highest BCUT2D eigenvalue weighted by Gasteiger charge is 2.37. The molecule has 0 spiro atoms. The average molecular weight is 1760 g/mol. The lowest BCUT2D eigenvalue weighted by atomic mass is 10.0. The molecule has 4 heterocycles. The van der Waals surface area contributed by atoms with Crippen LogP contribution in [-0.4, -0.2) is 256 Å². The molecule has 2 aromatic carbocycles. The Morgan fingerprint density at radius 3 is 1.05 bits per heavy atom. The third-order valence-electron chi connectivity index (χ3n) is 20.4. The normalized spacial score (nSPS) is 13.6. The fourth-order valence-corrected chi connectivity index (χ4v) is 14.0. The Kier molecular flexibility index (Phi) is 41.4. The molecule has 48 nitrogen and oxygen atoms in total. The van der Waals surface area contributed by atoms with Crippen LogP contribution in [0.3, 0.4) is 0 Å². The zero-order chi connectivity index (χ0) is 92.4. The molecule has 0 radical (unpaired) electrons. The number of guanidine groups is 8. The summed E-state index contributed by atoms with van der Waals surface area (Å²) in [5.41, 5.74) is 46.7. The summed E-state index contributed by atoms with van der Waals surface area (Å²) < 4.78 is 5.63. The van der Waals surface area contributed by atoms with Crippen molar-refractivity contribution in [3.8, 4) is 0 Å². The minimum atomic E-state index is -1.61. The fraction of sp³-hybridized carbons (Fsp3) is 0.513. The van der Waals surface area contributed by atoms with Crippen molar-refractivity contribution >= 4 is 145 Å². The first-order valence-corrected chi connectivity index (χ1v) is 41.7. The summed E-state index contributed by atoms with van der Waals surface area (Å²) in [4.78, 5) is 163. The maximum Gasteiger partial charge on any atom is 0.349 e. The molecule has 1 aliphatic rings. The van der Waals surface area contributed by atoms with Crippen molar-refractivity contribution in [2.24, 2.45) is 45.9 Å². The van der Waals surface area contributed by atoms with E-state index in [1.165, 1.54) is 6.07 Å². The van der Waals surface area contributed by atoms with E-state index in [2.05, 4.69) is 99.9 Å². The Balaban J connectivity index is 1.29. The van der Waals surface area contributed by atoms with Crippen LogP contribution in [0.4, 0.5) is 11.4 Å². The monoisotopic (exact) mass is 1760 g/mol. The molecule has 6 rings (SSSR count). The van der Waals surface area contributed by atoms with Gasteiger partial charge in [-0.15, -0.1) is 0 Å². The molecule has 1 saturated heterocycles. The molecular weight excluding hydrogens is 1630 g/mol. The third-order valence-corrected chi connectivity index (χ3v) is 20.4. The molecule has 48 heteroatoms. The second-order valence-electron chi connectivity index (χ2n) is 29.8. The molecule has 126 heavy (non-hydrogen) atoms. The third kappa shape index (κ3) is 34.1. The number of nitrogens with one attached hydrogen (secondary N) is 24. The Hall–Kier alpha value is -14.5. The van der Waals surface area contributed by atoms with E-state index in [9.17, 15) is 28.8 Å². The second kappa shape index (κ2) is 52.0. The molecular formula is C78H125N37O11. The van der Waals surface area contributed by atoms with E-state index in [1.54, 1.807) is 35.5 Å². The van der Waals surface area contributed by atoms with Crippen molar-refractivity contribution in [1.29, 1.82) is 43.3 Å². The number of aromatic nitrogens is 2. The van der Waals surface area contributed by atoms with Gasteiger partial charge in [-0.3, -0.25) is 96.4 Å². The number of rotatable bonds is 53. The SMILES string of the molecule is CCN(CC)c1ccc2cc(C(=O)NC(CCCNC(=N)N)C(=O)NC(CCCNC(=N)N)C(=O)NC(CCCNC(=N)N)C(=O)N[C@@H](CCCNC(=N)N)C(=O)NC(CCCNC(=N)N)C(=O)N[C@@H](CCCNC(=N)N)C(=O)NC(CCCNC(=N)N)C(=O)N[C@@H](CCCNC(=N)N)C(=O)N3CCN(c4ccnc5c4ccc4cccnc45)CC3)c(=O)oc2c1. The molecule has 0 aliphatic carbocycles. The standard InChI is InChI=1S/C78H125N37O11/c1-3-113(4-2)46-25-23-45-42-48(70(125)126-58(45)43-46)61(116)105-49(15-6-29-97-71(79)80)62(117)106-50(16-7-30-98-72(81)82)63(118)107-51(17-8-31-99-73(83)84)64(119)108-52(18-9-32-100-74(85)86)65(120)109-53(19-10-33-101-75(87)88)66(121)110-54(20-11-34-102-76(89)90)67(122)111-55(21-12-35-103-77(91)92)68(123)112-56(22-13-36-104-78(93)94)69(124)115-40-38-114(39-41-115)57-27-37-96-60-47(57)26-24-44-14-5-28-95-59(44)60/h5,14,23-28,37,42-43,49-56H,3-4,6-13,15-22,29-36,38-41H2,1-2H3,(H,105,116)(H,106,117)(H,107,118)(H,108,119)(H,109,120)(H,110,121)(H,111,122)(H,112,123)(H4,79,80,97)(H4,81,82,98)(H4,83,84,99)(H4,85,86,100)(H4,87,88,101)(H4,89,90,102)(H4,91,92,103)(H4,93,94,104)/t49?,50?,51?,52-,53?,54-,55?,56-/m0/s1. The molecule has 5 unspecified atom stereocenters. The fourth-order valence-electron chi connectivity index (χ4n) is 14.0. The van der Waals surface area contributed by atoms with Gasteiger partial charge in [-0.2, -0.15) is 0 Å². The van der Waals surface area contributed by atoms with Gasteiger partial charge in [0.15, 0.2) is 47.7 Å². The molecule has 3 aromatic heterocycles. The highest BCUT2D eigenvalue weighted by atomic mass is 16.4. The van der Waals surface area contributed by atoms with Crippen LogP contribution < -0.4 is 146 Å². The molecule has 1 aliphatic heterocycles. The van der Waals surface area contributed by atoms with Gasteiger partial charge < -0.3 is 150 Å². The zero-order valence-corrected chi connectivity index (χ0v) is 71.0. The van der Waals surface area contributed by atoms with E-state index in [0.29, 0.717) is 37.1 Å². The van der Waals surface area contributed by atoms with Gasteiger partial charge in [0.2, 0.25) is 47.3 Å². The Morgan fingerprint density at radius 1 is 0.389 bits per heavy atom. The largest absolute Gasteiger partial charge is 0.422 e. The van der Waals surface area contributed by atoms with Gasteiger partial charge in [-0.05, 0) is 153 Å². The van der Waals surface area contributed by atoms with E-state index < -0.39 is 148 Å². The van der Waals surface area contributed by atoms with Crippen LogP contribution in [0, 0.1) is 43.3 Å². The minimum absolute atomic E-state index is 0.00403. The smallest absolute Gasteiger partial charge is 0.349 e. The predicted octanol–water partition coefficient (Wildman–Crippen LogP) is -5.32.